The maximum absolute atomic E-state index is 13.0. The topological polar surface area (TPSA) is 84.2 Å². The Balaban J connectivity index is 1.23. The summed E-state index contributed by atoms with van der Waals surface area (Å²) >= 11 is 0. The van der Waals surface area contributed by atoms with Gasteiger partial charge in [0.15, 0.2) is 0 Å². The molecule has 7 heteroatoms. The summed E-state index contributed by atoms with van der Waals surface area (Å²) in [5.74, 6) is 1.27. The number of pyridine rings is 1. The highest BCUT2D eigenvalue weighted by molar-refractivity contribution is 5.94. The van der Waals surface area contributed by atoms with Crippen molar-refractivity contribution in [2.75, 3.05) is 18.4 Å². The highest BCUT2D eigenvalue weighted by atomic mass is 16.5. The minimum atomic E-state index is -0.0906. The summed E-state index contributed by atoms with van der Waals surface area (Å²) in [5.41, 5.74) is 4.63. The van der Waals surface area contributed by atoms with Gasteiger partial charge in [0, 0.05) is 30.8 Å². The van der Waals surface area contributed by atoms with Crippen LogP contribution in [0.4, 0.5) is 10.5 Å². The van der Waals surface area contributed by atoms with Crippen LogP contribution in [0.25, 0.3) is 22.6 Å². The molecule has 0 atom stereocenters. The smallest absolute Gasteiger partial charge is 0.321 e. The molecular weight excluding hydrogens is 414 g/mol. The molecule has 4 aromatic rings. The fourth-order valence-electron chi connectivity index (χ4n) is 4.20. The standard InChI is InChI=1S/C26H25N5O2/c1-18-8-7-15-27-23(18)24-29-25(33-30-24)20-13-16-31(17-14-20)26(32)28-22-12-6-5-11-21(22)19-9-3-2-4-10-19/h2-12,15,20H,13-14,16-17H2,1H3,(H,28,32). The molecule has 2 amide bonds. The summed E-state index contributed by atoms with van der Waals surface area (Å²) in [4.78, 5) is 23.8. The van der Waals surface area contributed by atoms with Crippen LogP contribution in [0.1, 0.15) is 30.2 Å². The zero-order valence-electron chi connectivity index (χ0n) is 18.4. The minimum absolute atomic E-state index is 0.0906. The van der Waals surface area contributed by atoms with Crippen LogP contribution in [0.15, 0.2) is 77.4 Å². The van der Waals surface area contributed by atoms with Crippen LogP contribution >= 0.6 is 0 Å². The molecule has 1 aliphatic rings. The van der Waals surface area contributed by atoms with Gasteiger partial charge in [-0.05, 0) is 43.0 Å². The van der Waals surface area contributed by atoms with Crippen molar-refractivity contribution in [1.29, 1.82) is 0 Å². The molecule has 5 rings (SSSR count). The Morgan fingerprint density at radius 3 is 2.55 bits per heavy atom. The van der Waals surface area contributed by atoms with Gasteiger partial charge in [0.1, 0.15) is 5.69 Å². The normalized spacial score (nSPS) is 14.3. The van der Waals surface area contributed by atoms with Crippen molar-refractivity contribution in [3.63, 3.8) is 0 Å². The zero-order valence-corrected chi connectivity index (χ0v) is 18.4. The number of hydrogen-bond acceptors (Lipinski definition) is 5. The Kier molecular flexibility index (Phi) is 5.85. The van der Waals surface area contributed by atoms with Crippen molar-refractivity contribution >= 4 is 11.7 Å². The zero-order chi connectivity index (χ0) is 22.6. The molecular formula is C26H25N5O2. The van der Waals surface area contributed by atoms with Crippen LogP contribution in [0.5, 0.6) is 0 Å². The number of nitrogens with zero attached hydrogens (tertiary/aromatic N) is 4. The largest absolute Gasteiger partial charge is 0.339 e. The second-order valence-electron chi connectivity index (χ2n) is 8.23. The average Bonchev–Trinajstić information content (AvgIpc) is 3.35. The lowest BCUT2D eigenvalue weighted by molar-refractivity contribution is 0.187. The molecule has 0 bridgehead atoms. The van der Waals surface area contributed by atoms with E-state index in [0.29, 0.717) is 24.8 Å². The molecule has 0 radical (unpaired) electrons. The summed E-state index contributed by atoms with van der Waals surface area (Å²) in [5, 5.41) is 7.22. The first kappa shape index (κ1) is 20.9. The summed E-state index contributed by atoms with van der Waals surface area (Å²) in [7, 11) is 0. The van der Waals surface area contributed by atoms with Gasteiger partial charge >= 0.3 is 6.03 Å². The number of rotatable bonds is 4. The minimum Gasteiger partial charge on any atom is -0.339 e. The monoisotopic (exact) mass is 439 g/mol. The van der Waals surface area contributed by atoms with Gasteiger partial charge in [-0.25, -0.2) is 4.79 Å². The van der Waals surface area contributed by atoms with Gasteiger partial charge in [0.05, 0.1) is 5.69 Å². The van der Waals surface area contributed by atoms with Crippen molar-refractivity contribution in [2.45, 2.75) is 25.7 Å². The highest BCUT2D eigenvalue weighted by Crippen LogP contribution is 2.31. The third-order valence-corrected chi connectivity index (χ3v) is 6.05. The third-order valence-electron chi connectivity index (χ3n) is 6.05. The van der Waals surface area contributed by atoms with Gasteiger partial charge in [0.2, 0.25) is 11.7 Å². The van der Waals surface area contributed by atoms with Crippen molar-refractivity contribution in [1.82, 2.24) is 20.0 Å². The van der Waals surface area contributed by atoms with Crippen molar-refractivity contribution in [2.24, 2.45) is 0 Å². The fraction of sp³-hybridized carbons (Fsp3) is 0.231. The van der Waals surface area contributed by atoms with E-state index >= 15 is 0 Å². The van der Waals surface area contributed by atoms with Crippen LogP contribution in [-0.4, -0.2) is 39.1 Å². The second kappa shape index (κ2) is 9.24. The molecule has 1 N–H and O–H groups in total. The summed E-state index contributed by atoms with van der Waals surface area (Å²) in [6.07, 6.45) is 3.28. The number of hydrogen-bond donors (Lipinski definition) is 1. The molecule has 7 nitrogen and oxygen atoms in total. The Labute approximate surface area is 192 Å². The van der Waals surface area contributed by atoms with Gasteiger partial charge in [0.25, 0.3) is 0 Å². The summed E-state index contributed by atoms with van der Waals surface area (Å²) in [6.45, 7) is 3.24. The Hall–Kier alpha value is -4.00. The van der Waals surface area contributed by atoms with E-state index in [2.05, 4.69) is 20.4 Å². The number of urea groups is 1. The van der Waals surface area contributed by atoms with Gasteiger partial charge < -0.3 is 14.7 Å². The Morgan fingerprint density at radius 1 is 1.00 bits per heavy atom. The maximum Gasteiger partial charge on any atom is 0.321 e. The first-order chi connectivity index (χ1) is 16.2. The number of carbonyl (C=O) groups is 1. The first-order valence-corrected chi connectivity index (χ1v) is 11.1. The average molecular weight is 440 g/mol. The fourth-order valence-corrected chi connectivity index (χ4v) is 4.20. The maximum atomic E-state index is 13.0. The van der Waals surface area contributed by atoms with Crippen molar-refractivity contribution < 1.29 is 9.32 Å². The highest BCUT2D eigenvalue weighted by Gasteiger charge is 2.28. The van der Waals surface area contributed by atoms with E-state index in [4.69, 9.17) is 4.52 Å². The number of benzene rings is 2. The summed E-state index contributed by atoms with van der Waals surface area (Å²) < 4.78 is 5.55. The molecule has 0 aliphatic carbocycles. The number of amides is 2. The number of aryl methyl sites for hydroxylation is 1. The number of anilines is 1. The van der Waals surface area contributed by atoms with E-state index in [1.807, 2.05) is 78.6 Å². The number of nitrogens with one attached hydrogen (secondary N) is 1. The molecule has 166 valence electrons. The van der Waals surface area contributed by atoms with Crippen molar-refractivity contribution in [3.8, 4) is 22.6 Å². The quantitative estimate of drug-likeness (QED) is 0.453. The molecule has 0 saturated carbocycles. The molecule has 0 spiro atoms. The van der Waals surface area contributed by atoms with Gasteiger partial charge in [-0.2, -0.15) is 4.98 Å². The van der Waals surface area contributed by atoms with E-state index in [9.17, 15) is 4.79 Å². The lowest BCUT2D eigenvalue weighted by Gasteiger charge is -2.30. The lowest BCUT2D eigenvalue weighted by atomic mass is 9.97. The van der Waals surface area contributed by atoms with Gasteiger partial charge in [-0.1, -0.05) is 59.8 Å². The van der Waals surface area contributed by atoms with Gasteiger partial charge in [-0.15, -0.1) is 0 Å². The Bertz CT molecular complexity index is 1250. The number of piperidine rings is 1. The van der Waals surface area contributed by atoms with Crippen LogP contribution in [-0.2, 0) is 0 Å². The molecule has 2 aromatic heterocycles. The number of aromatic nitrogens is 3. The van der Waals surface area contributed by atoms with Gasteiger partial charge in [-0.3, -0.25) is 4.98 Å². The molecule has 2 aromatic carbocycles. The van der Waals surface area contributed by atoms with E-state index < -0.39 is 0 Å². The van der Waals surface area contributed by atoms with Crippen LogP contribution in [0, 0.1) is 6.92 Å². The molecule has 1 aliphatic heterocycles. The Morgan fingerprint density at radius 2 is 1.76 bits per heavy atom. The third kappa shape index (κ3) is 4.48. The van der Waals surface area contributed by atoms with Crippen LogP contribution in [0.2, 0.25) is 0 Å². The van der Waals surface area contributed by atoms with Crippen LogP contribution < -0.4 is 5.32 Å². The number of para-hydroxylation sites is 1. The SMILES string of the molecule is Cc1cccnc1-c1noc(C2CCN(C(=O)Nc3ccccc3-c3ccccc3)CC2)n1. The molecule has 1 saturated heterocycles. The van der Waals surface area contributed by atoms with Crippen molar-refractivity contribution in [3.05, 3.63) is 84.4 Å². The molecule has 0 unspecified atom stereocenters. The second-order valence-corrected chi connectivity index (χ2v) is 8.23. The number of carbonyl (C=O) groups excluding carboxylic acids is 1. The first-order valence-electron chi connectivity index (χ1n) is 11.1. The lowest BCUT2D eigenvalue weighted by Crippen LogP contribution is -2.40. The molecule has 33 heavy (non-hydrogen) atoms. The number of likely N-dealkylation sites (tertiary alicyclic amines) is 1. The molecule has 3 heterocycles. The van der Waals surface area contributed by atoms with Crippen LogP contribution in [0.3, 0.4) is 0 Å². The van der Waals surface area contributed by atoms with E-state index in [1.54, 1.807) is 6.20 Å². The van der Waals surface area contributed by atoms with E-state index in [-0.39, 0.29) is 11.9 Å². The predicted molar refractivity (Wildman–Crippen MR) is 127 cm³/mol. The predicted octanol–water partition coefficient (Wildman–Crippen LogP) is 5.52. The van der Waals surface area contributed by atoms with E-state index in [1.165, 1.54) is 0 Å². The molecule has 1 fully saturated rings. The van der Waals surface area contributed by atoms with E-state index in [0.717, 1.165) is 40.9 Å². The summed E-state index contributed by atoms with van der Waals surface area (Å²) in [6, 6.07) is 21.7.